The van der Waals surface area contributed by atoms with Gasteiger partial charge in [-0.15, -0.1) is 0 Å². The van der Waals surface area contributed by atoms with Crippen LogP contribution in [0, 0.1) is 0 Å². The van der Waals surface area contributed by atoms with Crippen molar-refractivity contribution >= 4 is 20.9 Å². The quantitative estimate of drug-likeness (QED) is 0.422. The Hall–Kier alpha value is -3.20. The van der Waals surface area contributed by atoms with E-state index in [1.807, 2.05) is 30.5 Å². The van der Waals surface area contributed by atoms with Gasteiger partial charge in [-0.2, -0.15) is 0 Å². The Kier molecular flexibility index (Phi) is 5.54. The highest BCUT2D eigenvalue weighted by Gasteiger charge is 2.11. The molecule has 0 fully saturated rings. The molecule has 2 aromatic heterocycles. The smallest absolute Gasteiger partial charge is 0.238 e. The first-order chi connectivity index (χ1) is 14.4. The summed E-state index contributed by atoms with van der Waals surface area (Å²) < 4.78 is 28.7. The van der Waals surface area contributed by atoms with E-state index in [4.69, 9.17) is 15.6 Å². The first kappa shape index (κ1) is 20.1. The number of hydrogen-bond donors (Lipinski definition) is 3. The number of ether oxygens (including phenoxy) is 1. The number of nitrogens with zero attached hydrogens (tertiary/aromatic N) is 1. The highest BCUT2D eigenvalue weighted by Crippen LogP contribution is 2.24. The van der Waals surface area contributed by atoms with Gasteiger partial charge in [-0.25, -0.2) is 13.6 Å². The third kappa shape index (κ3) is 4.51. The van der Waals surface area contributed by atoms with Crippen molar-refractivity contribution in [2.75, 3.05) is 6.61 Å². The number of fused-ring (bicyclic) bond motifs is 1. The fourth-order valence-electron chi connectivity index (χ4n) is 3.34. The molecule has 0 aliphatic rings. The van der Waals surface area contributed by atoms with E-state index in [1.54, 1.807) is 24.5 Å². The Balaban J connectivity index is 1.42. The van der Waals surface area contributed by atoms with Gasteiger partial charge in [0.15, 0.2) is 0 Å². The van der Waals surface area contributed by atoms with Gasteiger partial charge in [-0.1, -0.05) is 30.3 Å². The molecule has 2 aromatic carbocycles. The van der Waals surface area contributed by atoms with Gasteiger partial charge in [-0.3, -0.25) is 4.98 Å². The lowest BCUT2D eigenvalue weighted by Crippen LogP contribution is -2.30. The predicted octanol–water partition coefficient (Wildman–Crippen LogP) is 2.83. The predicted molar refractivity (Wildman–Crippen MR) is 117 cm³/mol. The molecule has 0 aliphatic carbocycles. The van der Waals surface area contributed by atoms with Crippen LogP contribution in [0.5, 0.6) is 5.75 Å². The zero-order chi connectivity index (χ0) is 21.1. The van der Waals surface area contributed by atoms with Crippen LogP contribution in [0.4, 0.5) is 0 Å². The maximum Gasteiger partial charge on any atom is 0.238 e. The van der Waals surface area contributed by atoms with Gasteiger partial charge in [0.2, 0.25) is 10.0 Å². The SMILES string of the molecule is N[C@H](COc1cncc(-c2ccc(S(N)(=O)=O)cc2)c1)Cc1c[nH]c2ccccc12. The lowest BCUT2D eigenvalue weighted by molar-refractivity contribution is 0.287. The van der Waals surface area contributed by atoms with E-state index in [0.29, 0.717) is 18.8 Å². The summed E-state index contributed by atoms with van der Waals surface area (Å²) in [7, 11) is -3.72. The van der Waals surface area contributed by atoms with Gasteiger partial charge < -0.3 is 15.5 Å². The number of rotatable bonds is 7. The van der Waals surface area contributed by atoms with Gasteiger partial charge in [0.1, 0.15) is 12.4 Å². The van der Waals surface area contributed by atoms with Crippen LogP contribution >= 0.6 is 0 Å². The van der Waals surface area contributed by atoms with Crippen molar-refractivity contribution in [3.8, 4) is 16.9 Å². The second-order valence-electron chi connectivity index (χ2n) is 7.11. The van der Waals surface area contributed by atoms with Crippen molar-refractivity contribution < 1.29 is 13.2 Å². The third-order valence-corrected chi connectivity index (χ3v) is 5.78. The van der Waals surface area contributed by atoms with Gasteiger partial charge in [0.25, 0.3) is 0 Å². The molecule has 0 saturated carbocycles. The maximum atomic E-state index is 11.4. The number of sulfonamides is 1. The van der Waals surface area contributed by atoms with E-state index in [0.717, 1.165) is 22.2 Å². The lowest BCUT2D eigenvalue weighted by Gasteiger charge is -2.13. The fourth-order valence-corrected chi connectivity index (χ4v) is 3.85. The molecule has 7 nitrogen and oxygen atoms in total. The Morgan fingerprint density at radius 2 is 1.80 bits per heavy atom. The summed E-state index contributed by atoms with van der Waals surface area (Å²) in [5, 5.41) is 6.31. The molecular formula is C22H22N4O3S. The number of nitrogens with two attached hydrogens (primary N) is 2. The van der Waals surface area contributed by atoms with E-state index in [2.05, 4.69) is 16.0 Å². The molecule has 0 spiro atoms. The first-order valence-electron chi connectivity index (χ1n) is 9.42. The van der Waals surface area contributed by atoms with Crippen LogP contribution in [0.3, 0.4) is 0 Å². The number of para-hydroxylation sites is 1. The van der Waals surface area contributed by atoms with Gasteiger partial charge in [0.05, 0.1) is 11.1 Å². The molecule has 8 heteroatoms. The van der Waals surface area contributed by atoms with E-state index >= 15 is 0 Å². The zero-order valence-electron chi connectivity index (χ0n) is 16.2. The number of H-pyrrole nitrogens is 1. The summed E-state index contributed by atoms with van der Waals surface area (Å²) in [5.74, 6) is 0.595. The number of aromatic amines is 1. The summed E-state index contributed by atoms with van der Waals surface area (Å²) in [4.78, 5) is 7.53. The molecule has 154 valence electrons. The van der Waals surface area contributed by atoms with Crippen LogP contribution < -0.4 is 15.6 Å². The highest BCUT2D eigenvalue weighted by molar-refractivity contribution is 7.89. The van der Waals surface area contributed by atoms with Crippen LogP contribution in [0.25, 0.3) is 22.0 Å². The second-order valence-corrected chi connectivity index (χ2v) is 8.67. The van der Waals surface area contributed by atoms with Crippen molar-refractivity contribution in [1.82, 2.24) is 9.97 Å². The number of benzene rings is 2. The summed E-state index contributed by atoms with van der Waals surface area (Å²) >= 11 is 0. The van der Waals surface area contributed by atoms with E-state index in [9.17, 15) is 8.42 Å². The molecule has 0 amide bonds. The number of nitrogens with one attached hydrogen (secondary N) is 1. The largest absolute Gasteiger partial charge is 0.490 e. The van der Waals surface area contributed by atoms with Crippen molar-refractivity contribution in [3.63, 3.8) is 0 Å². The Bertz CT molecular complexity index is 1270. The van der Waals surface area contributed by atoms with E-state index < -0.39 is 10.0 Å². The van der Waals surface area contributed by atoms with Gasteiger partial charge in [-0.05, 0) is 41.8 Å². The van der Waals surface area contributed by atoms with Gasteiger partial charge >= 0.3 is 0 Å². The normalized spacial score (nSPS) is 12.7. The number of pyridine rings is 1. The monoisotopic (exact) mass is 422 g/mol. The summed E-state index contributed by atoms with van der Waals surface area (Å²) in [6.07, 6.45) is 5.98. The van der Waals surface area contributed by atoms with Crippen molar-refractivity contribution in [3.05, 3.63) is 78.8 Å². The Morgan fingerprint density at radius 3 is 2.57 bits per heavy atom. The third-order valence-electron chi connectivity index (χ3n) is 4.85. The average molecular weight is 423 g/mol. The fraction of sp³-hybridized carbons (Fsp3) is 0.136. The topological polar surface area (TPSA) is 124 Å². The maximum absolute atomic E-state index is 11.4. The lowest BCUT2D eigenvalue weighted by atomic mass is 10.1. The van der Waals surface area contributed by atoms with Crippen LogP contribution in [0.15, 0.2) is 78.1 Å². The molecule has 0 radical (unpaired) electrons. The number of primary sulfonamides is 1. The van der Waals surface area contributed by atoms with E-state index in [-0.39, 0.29) is 10.9 Å². The van der Waals surface area contributed by atoms with Crippen molar-refractivity contribution in [2.45, 2.75) is 17.4 Å². The van der Waals surface area contributed by atoms with E-state index in [1.165, 1.54) is 17.5 Å². The van der Waals surface area contributed by atoms with Crippen molar-refractivity contribution in [1.29, 1.82) is 0 Å². The Morgan fingerprint density at radius 1 is 1.03 bits per heavy atom. The molecule has 1 atom stereocenters. The van der Waals surface area contributed by atoms with Crippen LogP contribution in [0.1, 0.15) is 5.56 Å². The van der Waals surface area contributed by atoms with Crippen molar-refractivity contribution in [2.24, 2.45) is 10.9 Å². The summed E-state index contributed by atoms with van der Waals surface area (Å²) in [5.41, 5.74) is 10.1. The second kappa shape index (κ2) is 8.27. The minimum atomic E-state index is -3.72. The van der Waals surface area contributed by atoms with Crippen LogP contribution in [-0.4, -0.2) is 31.0 Å². The molecule has 0 unspecified atom stereocenters. The molecule has 4 aromatic rings. The minimum absolute atomic E-state index is 0.0647. The molecule has 0 aliphatic heterocycles. The molecule has 0 bridgehead atoms. The standard InChI is InChI=1S/C22H22N4O3S/c23-18(9-17-12-26-22-4-2-1-3-21(17)22)14-29-19-10-16(11-25-13-19)15-5-7-20(8-6-15)30(24,27)28/h1-8,10-13,18,26H,9,14,23H2,(H2,24,27,28)/t18-/m0/s1. The molecular weight excluding hydrogens is 400 g/mol. The average Bonchev–Trinajstić information content (AvgIpc) is 3.15. The molecule has 0 saturated heterocycles. The minimum Gasteiger partial charge on any atom is -0.490 e. The van der Waals surface area contributed by atoms with Crippen LogP contribution in [-0.2, 0) is 16.4 Å². The molecule has 2 heterocycles. The zero-order valence-corrected chi connectivity index (χ0v) is 17.0. The number of aromatic nitrogens is 2. The molecule has 30 heavy (non-hydrogen) atoms. The summed E-state index contributed by atoms with van der Waals surface area (Å²) in [6, 6.07) is 16.1. The molecule has 5 N–H and O–H groups in total. The number of hydrogen-bond acceptors (Lipinski definition) is 5. The Labute approximate surface area is 174 Å². The first-order valence-corrected chi connectivity index (χ1v) is 11.0. The highest BCUT2D eigenvalue weighted by atomic mass is 32.2. The molecule has 4 rings (SSSR count). The summed E-state index contributed by atoms with van der Waals surface area (Å²) in [6.45, 7) is 0.342. The van der Waals surface area contributed by atoms with Gasteiger partial charge in [0, 0.05) is 34.9 Å². The van der Waals surface area contributed by atoms with Crippen LogP contribution in [0.2, 0.25) is 0 Å².